The molecular formula is C28H32ClFN5OP. The standard InChI is InChI=1S/C28H32ClFN5OP/c1-37(2,36)26-14-20(30)6-10-25(26)33-27-24(29)15-31-28(34-27)32-21-7-3-18-4-8-22(9-5-19(18)13-21)35-16-17-11-23(35)12-17/h3,6-7,10,13-15,17,22-23H,4-5,8-9,11-12,16H2,1-2H3,(H2,31,32,33,34)/t17?,22-,23?/m0/s1. The molecule has 0 unspecified atom stereocenters. The predicted molar refractivity (Wildman–Crippen MR) is 149 cm³/mol. The van der Waals surface area contributed by atoms with Gasteiger partial charge in [0.25, 0.3) is 0 Å². The molecule has 9 heteroatoms. The molecule has 2 N–H and O–H groups in total. The molecule has 0 amide bonds. The monoisotopic (exact) mass is 539 g/mol. The summed E-state index contributed by atoms with van der Waals surface area (Å²) in [6.07, 6.45) is 9.00. The van der Waals surface area contributed by atoms with Gasteiger partial charge in [0.05, 0.1) is 11.9 Å². The summed E-state index contributed by atoms with van der Waals surface area (Å²) in [7, 11) is -2.74. The molecule has 3 fully saturated rings. The Morgan fingerprint density at radius 1 is 1.03 bits per heavy atom. The third-order valence-corrected chi connectivity index (χ3v) is 9.92. The fraction of sp³-hybridized carbons (Fsp3) is 0.429. The molecule has 3 aromatic rings. The van der Waals surface area contributed by atoms with Gasteiger partial charge in [-0.3, -0.25) is 4.90 Å². The lowest BCUT2D eigenvalue weighted by atomic mass is 9.86. The van der Waals surface area contributed by atoms with Crippen LogP contribution in [0.5, 0.6) is 0 Å². The van der Waals surface area contributed by atoms with Gasteiger partial charge in [0, 0.05) is 29.6 Å². The third-order valence-electron chi connectivity index (χ3n) is 8.11. The summed E-state index contributed by atoms with van der Waals surface area (Å²) >= 11 is 6.38. The van der Waals surface area contributed by atoms with E-state index in [1.165, 1.54) is 61.7 Å². The van der Waals surface area contributed by atoms with Crippen molar-refractivity contribution in [1.82, 2.24) is 14.9 Å². The molecule has 2 aliphatic heterocycles. The van der Waals surface area contributed by atoms with Crippen LogP contribution < -0.4 is 15.9 Å². The lowest BCUT2D eigenvalue weighted by Gasteiger charge is -2.32. The second-order valence-corrected chi connectivity index (χ2v) is 14.6. The number of anilines is 4. The number of aromatic nitrogens is 2. The van der Waals surface area contributed by atoms with E-state index in [1.807, 2.05) is 0 Å². The van der Waals surface area contributed by atoms with Gasteiger partial charge < -0.3 is 15.2 Å². The van der Waals surface area contributed by atoms with Crippen molar-refractivity contribution in [3.05, 3.63) is 64.6 Å². The van der Waals surface area contributed by atoms with E-state index in [0.29, 0.717) is 33.8 Å². The van der Waals surface area contributed by atoms with Crippen molar-refractivity contribution >= 4 is 47.2 Å². The Morgan fingerprint density at radius 2 is 1.81 bits per heavy atom. The van der Waals surface area contributed by atoms with E-state index in [2.05, 4.69) is 43.7 Å². The number of nitrogens with zero attached hydrogens (tertiary/aromatic N) is 3. The predicted octanol–water partition coefficient (Wildman–Crippen LogP) is 6.35. The van der Waals surface area contributed by atoms with Crippen LogP contribution in [0.1, 0.15) is 36.8 Å². The molecule has 2 aromatic carbocycles. The summed E-state index contributed by atoms with van der Waals surface area (Å²) < 4.78 is 26.6. The number of hydrogen-bond acceptors (Lipinski definition) is 6. The minimum Gasteiger partial charge on any atom is -0.338 e. The van der Waals surface area contributed by atoms with Gasteiger partial charge >= 0.3 is 0 Å². The van der Waals surface area contributed by atoms with E-state index >= 15 is 0 Å². The number of benzene rings is 2. The Hall–Kier alpha value is -2.47. The topological polar surface area (TPSA) is 70.2 Å². The largest absolute Gasteiger partial charge is 0.338 e. The molecule has 0 spiro atoms. The van der Waals surface area contributed by atoms with Crippen LogP contribution in [0, 0.1) is 11.7 Å². The summed E-state index contributed by atoms with van der Waals surface area (Å²) in [5, 5.41) is 7.17. The molecule has 2 saturated heterocycles. The highest BCUT2D eigenvalue weighted by molar-refractivity contribution is 7.70. The highest BCUT2D eigenvalue weighted by Gasteiger charge is 2.45. The molecule has 3 heterocycles. The second-order valence-electron chi connectivity index (χ2n) is 11.1. The van der Waals surface area contributed by atoms with Gasteiger partial charge in [-0.1, -0.05) is 17.7 Å². The van der Waals surface area contributed by atoms with E-state index in [9.17, 15) is 8.96 Å². The van der Waals surface area contributed by atoms with Crippen molar-refractivity contribution in [3.63, 3.8) is 0 Å². The summed E-state index contributed by atoms with van der Waals surface area (Å²) in [4.78, 5) is 11.7. The van der Waals surface area contributed by atoms with Crippen LogP contribution in [0.4, 0.5) is 27.5 Å². The second kappa shape index (κ2) is 9.68. The van der Waals surface area contributed by atoms with Crippen LogP contribution in [0.3, 0.4) is 0 Å². The maximum Gasteiger partial charge on any atom is 0.229 e. The van der Waals surface area contributed by atoms with Crippen LogP contribution in [0.2, 0.25) is 5.02 Å². The number of rotatable bonds is 6. The van der Waals surface area contributed by atoms with E-state index < -0.39 is 13.0 Å². The molecule has 2 aliphatic carbocycles. The van der Waals surface area contributed by atoms with Crippen molar-refractivity contribution in [3.8, 4) is 0 Å². The van der Waals surface area contributed by atoms with E-state index in [0.717, 1.165) is 30.5 Å². The van der Waals surface area contributed by atoms with Crippen molar-refractivity contribution < 1.29 is 8.96 Å². The molecule has 194 valence electrons. The molecule has 0 radical (unpaired) electrons. The highest BCUT2D eigenvalue weighted by atomic mass is 35.5. The number of hydrogen-bond donors (Lipinski definition) is 2. The Labute approximate surface area is 222 Å². The minimum atomic E-state index is -2.74. The van der Waals surface area contributed by atoms with Crippen molar-refractivity contribution in [2.75, 3.05) is 30.5 Å². The lowest BCUT2D eigenvalue weighted by molar-refractivity contribution is 0.170. The average molecular weight is 540 g/mol. The molecule has 37 heavy (non-hydrogen) atoms. The minimum absolute atomic E-state index is 0.315. The van der Waals surface area contributed by atoms with E-state index in [-0.39, 0.29) is 0 Å². The molecule has 1 saturated carbocycles. The Bertz CT molecular complexity index is 1390. The van der Waals surface area contributed by atoms with Crippen LogP contribution in [-0.2, 0) is 17.4 Å². The molecule has 6 nitrogen and oxygen atoms in total. The molecule has 7 rings (SSSR count). The SMILES string of the molecule is CP(C)(=O)c1cc(F)ccc1Nc1nc(Nc2ccc3c(c2)CC[C@@H](N2CC4CC2C4)CC3)ncc1Cl. The zero-order valence-corrected chi connectivity index (χ0v) is 22.8. The first-order valence-corrected chi connectivity index (χ1v) is 16.0. The van der Waals surface area contributed by atoms with Crippen molar-refractivity contribution in [1.29, 1.82) is 0 Å². The fourth-order valence-electron chi connectivity index (χ4n) is 6.14. The number of fused-ring (bicyclic) bond motifs is 2. The van der Waals surface area contributed by atoms with Gasteiger partial charge in [-0.05, 0) is 99.2 Å². The maximum absolute atomic E-state index is 13.9. The van der Waals surface area contributed by atoms with Gasteiger partial charge in [0.2, 0.25) is 5.95 Å². The maximum atomic E-state index is 13.9. The molecule has 1 atom stereocenters. The van der Waals surface area contributed by atoms with Gasteiger partial charge in [-0.15, -0.1) is 0 Å². The van der Waals surface area contributed by atoms with Crippen molar-refractivity contribution in [2.24, 2.45) is 5.92 Å². The van der Waals surface area contributed by atoms with E-state index in [4.69, 9.17) is 11.6 Å². The molecule has 1 aromatic heterocycles. The normalized spacial score (nSPS) is 23.2. The quantitative estimate of drug-likeness (QED) is 0.281. The van der Waals surface area contributed by atoms with Gasteiger partial charge in [0.15, 0.2) is 5.82 Å². The highest BCUT2D eigenvalue weighted by Crippen LogP contribution is 2.44. The number of halogens is 2. The number of nitrogens with one attached hydrogen (secondary N) is 2. The summed E-state index contributed by atoms with van der Waals surface area (Å²) in [6.45, 7) is 4.52. The van der Waals surface area contributed by atoms with Crippen LogP contribution in [0.25, 0.3) is 0 Å². The van der Waals surface area contributed by atoms with E-state index in [1.54, 1.807) is 19.4 Å². The zero-order valence-electron chi connectivity index (χ0n) is 21.2. The van der Waals surface area contributed by atoms with Gasteiger partial charge in [0.1, 0.15) is 18.0 Å². The molecule has 4 aliphatic rings. The lowest BCUT2D eigenvalue weighted by Crippen LogP contribution is -2.37. The van der Waals surface area contributed by atoms with Crippen LogP contribution in [0.15, 0.2) is 42.6 Å². The Balaban J connectivity index is 1.18. The first-order chi connectivity index (χ1) is 17.7. The van der Waals surface area contributed by atoms with Crippen LogP contribution in [-0.4, -0.2) is 46.8 Å². The smallest absolute Gasteiger partial charge is 0.229 e. The first kappa shape index (κ1) is 24.8. The summed E-state index contributed by atoms with van der Waals surface area (Å²) in [5.74, 6) is 1.28. The van der Waals surface area contributed by atoms with Gasteiger partial charge in [-0.2, -0.15) is 4.98 Å². The molecule has 2 bridgehead atoms. The summed E-state index contributed by atoms with van der Waals surface area (Å²) in [6, 6.07) is 12.2. The van der Waals surface area contributed by atoms with Crippen LogP contribution >= 0.6 is 18.7 Å². The average Bonchev–Trinajstić information content (AvgIpc) is 3.38. The van der Waals surface area contributed by atoms with Gasteiger partial charge in [-0.25, -0.2) is 9.37 Å². The number of aryl methyl sites for hydroxylation is 2. The Morgan fingerprint density at radius 3 is 2.54 bits per heavy atom. The third kappa shape index (κ3) is 5.14. The first-order valence-electron chi connectivity index (χ1n) is 13.0. The Kier molecular flexibility index (Phi) is 6.50. The summed E-state index contributed by atoms with van der Waals surface area (Å²) in [5.41, 5.74) is 4.27. The molecular weight excluding hydrogens is 508 g/mol. The fourth-order valence-corrected chi connectivity index (χ4v) is 7.43. The zero-order chi connectivity index (χ0) is 25.7. The van der Waals surface area contributed by atoms with Crippen molar-refractivity contribution in [2.45, 2.75) is 50.6 Å².